The van der Waals surface area contributed by atoms with Gasteiger partial charge in [0.1, 0.15) is 0 Å². The Bertz CT molecular complexity index is 502. The zero-order chi connectivity index (χ0) is 15.5. The second kappa shape index (κ2) is 6.12. The summed E-state index contributed by atoms with van der Waals surface area (Å²) in [6, 6.07) is 0. The van der Waals surface area contributed by atoms with E-state index in [0.717, 1.165) is 13.3 Å². The van der Waals surface area contributed by atoms with Crippen molar-refractivity contribution in [1.29, 1.82) is 0 Å². The van der Waals surface area contributed by atoms with E-state index >= 15 is 0 Å². The molecule has 0 radical (unpaired) electrons. The summed E-state index contributed by atoms with van der Waals surface area (Å²) in [5.41, 5.74) is 1.68. The monoisotopic (exact) mass is 298 g/mol. The van der Waals surface area contributed by atoms with E-state index in [2.05, 4.69) is 9.72 Å². The summed E-state index contributed by atoms with van der Waals surface area (Å²) in [6.07, 6.45) is -8.48. The van der Waals surface area contributed by atoms with E-state index < -0.39 is 41.8 Å². The molecular formula is C11H11F5N2O2. The van der Waals surface area contributed by atoms with Crippen LogP contribution in [0.5, 0.6) is 0 Å². The van der Waals surface area contributed by atoms with Crippen LogP contribution in [0.3, 0.4) is 0 Å². The number of aromatic nitrogens is 1. The van der Waals surface area contributed by atoms with Crippen LogP contribution in [0.4, 0.5) is 22.0 Å². The Balaban J connectivity index is 3.53. The number of hydrogen-bond acceptors (Lipinski definition) is 4. The number of alkyl halides is 5. The van der Waals surface area contributed by atoms with E-state index in [0.29, 0.717) is 0 Å². The number of pyridine rings is 1. The number of ether oxygens (including phenoxy) is 1. The lowest BCUT2D eigenvalue weighted by Gasteiger charge is -2.17. The summed E-state index contributed by atoms with van der Waals surface area (Å²) < 4.78 is 68.3. The molecule has 20 heavy (non-hydrogen) atoms. The molecular weight excluding hydrogens is 287 g/mol. The lowest BCUT2D eigenvalue weighted by Crippen LogP contribution is -2.19. The van der Waals surface area contributed by atoms with Crippen LogP contribution in [0.15, 0.2) is 6.20 Å². The number of esters is 1. The molecule has 1 heterocycles. The maximum absolute atomic E-state index is 13.0. The number of halogens is 5. The molecule has 0 bridgehead atoms. The van der Waals surface area contributed by atoms with E-state index in [1.54, 1.807) is 0 Å². The van der Waals surface area contributed by atoms with Gasteiger partial charge < -0.3 is 10.5 Å². The van der Waals surface area contributed by atoms with Crippen LogP contribution in [0.25, 0.3) is 0 Å². The minimum Gasteiger partial charge on any atom is -0.469 e. The molecule has 0 atom stereocenters. The third-order valence-electron chi connectivity index (χ3n) is 2.57. The first kappa shape index (κ1) is 16.3. The zero-order valence-electron chi connectivity index (χ0n) is 10.3. The molecule has 1 rings (SSSR count). The van der Waals surface area contributed by atoms with Gasteiger partial charge in [0, 0.05) is 12.7 Å². The lowest BCUT2D eigenvalue weighted by atomic mass is 9.98. The summed E-state index contributed by atoms with van der Waals surface area (Å²) in [6.45, 7) is -0.322. The number of carbonyl (C=O) groups is 1. The molecule has 0 aliphatic carbocycles. The average Bonchev–Trinajstić information content (AvgIpc) is 2.36. The van der Waals surface area contributed by atoms with Crippen LogP contribution in [0.1, 0.15) is 28.8 Å². The fourth-order valence-electron chi connectivity index (χ4n) is 1.67. The Morgan fingerprint density at radius 2 is 2.05 bits per heavy atom. The van der Waals surface area contributed by atoms with Crippen molar-refractivity contribution in [2.24, 2.45) is 5.73 Å². The van der Waals surface area contributed by atoms with Crippen LogP contribution in [-0.2, 0) is 28.7 Å². The molecule has 0 unspecified atom stereocenters. The first-order chi connectivity index (χ1) is 9.22. The topological polar surface area (TPSA) is 65.2 Å². The van der Waals surface area contributed by atoms with Crippen LogP contribution < -0.4 is 5.73 Å². The Hall–Kier alpha value is -1.77. The van der Waals surface area contributed by atoms with E-state index in [9.17, 15) is 26.7 Å². The highest BCUT2D eigenvalue weighted by Gasteiger charge is 2.39. The van der Waals surface area contributed by atoms with Gasteiger partial charge in [-0.15, -0.1) is 0 Å². The first-order valence-electron chi connectivity index (χ1n) is 5.35. The van der Waals surface area contributed by atoms with Gasteiger partial charge in [-0.05, 0) is 11.1 Å². The Morgan fingerprint density at radius 1 is 1.45 bits per heavy atom. The molecule has 9 heteroatoms. The van der Waals surface area contributed by atoms with E-state index in [4.69, 9.17) is 5.73 Å². The third-order valence-corrected chi connectivity index (χ3v) is 2.57. The summed E-state index contributed by atoms with van der Waals surface area (Å²) in [5, 5.41) is 0. The predicted octanol–water partition coefficient (Wildman–Crippen LogP) is 2.21. The lowest BCUT2D eigenvalue weighted by molar-refractivity contribution is -0.144. The number of carbonyl (C=O) groups excluding carboxylic acids is 1. The molecule has 1 aromatic rings. The van der Waals surface area contributed by atoms with Crippen molar-refractivity contribution in [3.63, 3.8) is 0 Å². The molecule has 0 aliphatic rings. The number of nitrogens with two attached hydrogens (primary N) is 1. The number of hydrogen-bond donors (Lipinski definition) is 1. The van der Waals surface area contributed by atoms with Crippen LogP contribution in [0, 0.1) is 0 Å². The number of nitrogens with zero attached hydrogens (tertiary/aromatic N) is 1. The highest BCUT2D eigenvalue weighted by molar-refractivity contribution is 5.73. The van der Waals surface area contributed by atoms with E-state index in [1.807, 2.05) is 0 Å². The van der Waals surface area contributed by atoms with Crippen molar-refractivity contribution in [2.45, 2.75) is 25.6 Å². The maximum Gasteiger partial charge on any atom is 0.433 e. The zero-order valence-corrected chi connectivity index (χ0v) is 10.3. The summed E-state index contributed by atoms with van der Waals surface area (Å²) in [5.74, 6) is -0.944. The Labute approximate surface area is 110 Å². The fraction of sp³-hybridized carbons (Fsp3) is 0.455. The standard InChI is InChI=1S/C11H11F5N2O2/c1-20-7(19)2-6-5(3-17)4-18-9(11(14,15)16)8(6)10(12)13/h4,10H,2-3,17H2,1H3. The van der Waals surface area contributed by atoms with Gasteiger partial charge in [0.15, 0.2) is 5.69 Å². The minimum absolute atomic E-state index is 0.0568. The smallest absolute Gasteiger partial charge is 0.433 e. The average molecular weight is 298 g/mol. The molecule has 4 nitrogen and oxygen atoms in total. The van der Waals surface area contributed by atoms with Gasteiger partial charge in [-0.25, -0.2) is 8.78 Å². The van der Waals surface area contributed by atoms with Gasteiger partial charge in [-0.3, -0.25) is 9.78 Å². The molecule has 112 valence electrons. The fourth-order valence-corrected chi connectivity index (χ4v) is 1.67. The van der Waals surface area contributed by atoms with Gasteiger partial charge in [-0.2, -0.15) is 13.2 Å². The van der Waals surface area contributed by atoms with Crippen molar-refractivity contribution in [3.05, 3.63) is 28.6 Å². The van der Waals surface area contributed by atoms with Crippen molar-refractivity contribution in [2.75, 3.05) is 7.11 Å². The molecule has 0 spiro atoms. The van der Waals surface area contributed by atoms with Gasteiger partial charge in [0.25, 0.3) is 6.43 Å². The molecule has 0 saturated heterocycles. The molecule has 1 aromatic heterocycles. The Kier molecular flexibility index (Phi) is 4.98. The number of methoxy groups -OCH3 is 1. The highest BCUT2D eigenvalue weighted by atomic mass is 19.4. The van der Waals surface area contributed by atoms with E-state index in [-0.39, 0.29) is 12.1 Å². The van der Waals surface area contributed by atoms with Crippen molar-refractivity contribution >= 4 is 5.97 Å². The summed E-state index contributed by atoms with van der Waals surface area (Å²) in [7, 11) is 0.998. The second-order valence-corrected chi connectivity index (χ2v) is 3.78. The SMILES string of the molecule is COC(=O)Cc1c(CN)cnc(C(F)(F)F)c1C(F)F. The van der Waals surface area contributed by atoms with E-state index in [1.165, 1.54) is 0 Å². The normalized spacial score (nSPS) is 11.8. The second-order valence-electron chi connectivity index (χ2n) is 3.78. The Morgan fingerprint density at radius 3 is 2.45 bits per heavy atom. The third kappa shape index (κ3) is 3.41. The molecule has 0 saturated carbocycles. The van der Waals surface area contributed by atoms with Gasteiger partial charge in [0.05, 0.1) is 19.1 Å². The largest absolute Gasteiger partial charge is 0.469 e. The quantitative estimate of drug-likeness (QED) is 0.683. The van der Waals surface area contributed by atoms with Crippen LogP contribution in [0.2, 0.25) is 0 Å². The molecule has 0 amide bonds. The maximum atomic E-state index is 13.0. The van der Waals surface area contributed by atoms with Gasteiger partial charge in [0.2, 0.25) is 0 Å². The molecule has 2 N–H and O–H groups in total. The molecule has 0 fully saturated rings. The summed E-state index contributed by atoms with van der Waals surface area (Å²) in [4.78, 5) is 14.2. The predicted molar refractivity (Wildman–Crippen MR) is 57.8 cm³/mol. The van der Waals surface area contributed by atoms with Crippen LogP contribution in [-0.4, -0.2) is 18.1 Å². The van der Waals surface area contributed by atoms with Crippen molar-refractivity contribution in [3.8, 4) is 0 Å². The number of rotatable bonds is 4. The van der Waals surface area contributed by atoms with Crippen molar-refractivity contribution < 1.29 is 31.5 Å². The minimum atomic E-state index is -5.05. The van der Waals surface area contributed by atoms with Crippen molar-refractivity contribution in [1.82, 2.24) is 4.98 Å². The van der Waals surface area contributed by atoms with Gasteiger partial charge >= 0.3 is 12.1 Å². The highest BCUT2D eigenvalue weighted by Crippen LogP contribution is 2.37. The summed E-state index contributed by atoms with van der Waals surface area (Å²) >= 11 is 0. The van der Waals surface area contributed by atoms with Gasteiger partial charge in [-0.1, -0.05) is 0 Å². The first-order valence-corrected chi connectivity index (χ1v) is 5.35. The molecule has 0 aliphatic heterocycles. The van der Waals surface area contributed by atoms with Crippen LogP contribution >= 0.6 is 0 Å². The molecule has 0 aromatic carbocycles.